The van der Waals surface area contributed by atoms with E-state index in [1.807, 2.05) is 38.1 Å². The van der Waals surface area contributed by atoms with E-state index < -0.39 is 0 Å². The molecular weight excluding hydrogens is 256 g/mol. The summed E-state index contributed by atoms with van der Waals surface area (Å²) in [4.78, 5) is 13.4. The first-order valence-electron chi connectivity index (χ1n) is 6.38. The van der Waals surface area contributed by atoms with E-state index in [0.29, 0.717) is 0 Å². The molecule has 2 heterocycles. The van der Waals surface area contributed by atoms with Crippen molar-refractivity contribution in [3.63, 3.8) is 0 Å². The Hall–Kier alpha value is -1.62. The Balaban J connectivity index is 2.13. The SMILES string of the molecule is CCCNc1cccc(Sc2nc(C)cc(C)n2)n1. The van der Waals surface area contributed by atoms with Gasteiger partial charge in [0.2, 0.25) is 0 Å². The van der Waals surface area contributed by atoms with Crippen molar-refractivity contribution >= 4 is 17.6 Å². The van der Waals surface area contributed by atoms with Crippen LogP contribution < -0.4 is 5.32 Å². The monoisotopic (exact) mass is 274 g/mol. The summed E-state index contributed by atoms with van der Waals surface area (Å²) < 4.78 is 0. The van der Waals surface area contributed by atoms with E-state index in [1.165, 1.54) is 11.8 Å². The summed E-state index contributed by atoms with van der Waals surface area (Å²) in [6.07, 6.45) is 1.08. The zero-order valence-corrected chi connectivity index (χ0v) is 12.3. The number of hydrogen-bond acceptors (Lipinski definition) is 5. The molecular formula is C14H18N4S. The van der Waals surface area contributed by atoms with Crippen LogP contribution in [0.25, 0.3) is 0 Å². The van der Waals surface area contributed by atoms with E-state index in [2.05, 4.69) is 27.2 Å². The predicted molar refractivity (Wildman–Crippen MR) is 78.6 cm³/mol. The highest BCUT2D eigenvalue weighted by Gasteiger charge is 2.04. The Morgan fingerprint density at radius 1 is 1.11 bits per heavy atom. The molecule has 0 aromatic carbocycles. The van der Waals surface area contributed by atoms with E-state index in [1.54, 1.807) is 0 Å². The molecule has 0 fully saturated rings. The summed E-state index contributed by atoms with van der Waals surface area (Å²) in [5.74, 6) is 0.899. The zero-order chi connectivity index (χ0) is 13.7. The smallest absolute Gasteiger partial charge is 0.194 e. The van der Waals surface area contributed by atoms with Crippen LogP contribution in [-0.4, -0.2) is 21.5 Å². The first-order valence-corrected chi connectivity index (χ1v) is 7.20. The Morgan fingerprint density at radius 3 is 2.53 bits per heavy atom. The highest BCUT2D eigenvalue weighted by molar-refractivity contribution is 7.99. The van der Waals surface area contributed by atoms with Crippen LogP contribution in [0.4, 0.5) is 5.82 Å². The van der Waals surface area contributed by atoms with Gasteiger partial charge in [0.05, 0.1) is 0 Å². The maximum absolute atomic E-state index is 4.54. The standard InChI is InChI=1S/C14H18N4S/c1-4-8-15-12-6-5-7-13(18-12)19-14-16-10(2)9-11(3)17-14/h5-7,9H,4,8H2,1-3H3,(H,15,18). The maximum atomic E-state index is 4.54. The van der Waals surface area contributed by atoms with E-state index in [4.69, 9.17) is 0 Å². The van der Waals surface area contributed by atoms with Crippen LogP contribution in [0.2, 0.25) is 0 Å². The van der Waals surface area contributed by atoms with Crippen molar-refractivity contribution in [1.29, 1.82) is 0 Å². The van der Waals surface area contributed by atoms with Crippen molar-refractivity contribution in [2.45, 2.75) is 37.4 Å². The number of pyridine rings is 1. The molecule has 0 aliphatic heterocycles. The van der Waals surface area contributed by atoms with Gasteiger partial charge in [-0.1, -0.05) is 13.0 Å². The number of rotatable bonds is 5. The summed E-state index contributed by atoms with van der Waals surface area (Å²) in [6.45, 7) is 7.02. The van der Waals surface area contributed by atoms with Crippen LogP contribution in [0.3, 0.4) is 0 Å². The normalized spacial score (nSPS) is 10.5. The summed E-state index contributed by atoms with van der Waals surface area (Å²) in [6, 6.07) is 7.91. The number of nitrogens with one attached hydrogen (secondary N) is 1. The van der Waals surface area contributed by atoms with Crippen LogP contribution >= 0.6 is 11.8 Å². The first kappa shape index (κ1) is 13.8. The molecule has 0 amide bonds. The minimum atomic E-state index is 0.748. The van der Waals surface area contributed by atoms with Gasteiger partial charge in [0, 0.05) is 17.9 Å². The molecule has 0 radical (unpaired) electrons. The van der Waals surface area contributed by atoms with Crippen LogP contribution in [0.15, 0.2) is 34.4 Å². The van der Waals surface area contributed by atoms with Crippen molar-refractivity contribution in [1.82, 2.24) is 15.0 Å². The largest absolute Gasteiger partial charge is 0.370 e. The summed E-state index contributed by atoms with van der Waals surface area (Å²) in [5, 5.41) is 4.93. The van der Waals surface area contributed by atoms with Gasteiger partial charge >= 0.3 is 0 Å². The minimum absolute atomic E-state index is 0.748. The van der Waals surface area contributed by atoms with Gasteiger partial charge in [0.25, 0.3) is 0 Å². The van der Waals surface area contributed by atoms with Gasteiger partial charge in [-0.05, 0) is 50.2 Å². The fraction of sp³-hybridized carbons (Fsp3) is 0.357. The molecule has 0 unspecified atom stereocenters. The van der Waals surface area contributed by atoms with Crippen molar-refractivity contribution in [2.75, 3.05) is 11.9 Å². The molecule has 19 heavy (non-hydrogen) atoms. The first-order chi connectivity index (χ1) is 9.17. The van der Waals surface area contributed by atoms with Crippen LogP contribution in [-0.2, 0) is 0 Å². The number of anilines is 1. The Morgan fingerprint density at radius 2 is 1.84 bits per heavy atom. The molecule has 1 N–H and O–H groups in total. The molecule has 0 aliphatic carbocycles. The maximum Gasteiger partial charge on any atom is 0.194 e. The summed E-state index contributed by atoms with van der Waals surface area (Å²) in [7, 11) is 0. The second-order valence-corrected chi connectivity index (χ2v) is 5.31. The molecule has 0 saturated heterocycles. The highest BCUT2D eigenvalue weighted by Crippen LogP contribution is 2.24. The van der Waals surface area contributed by atoms with E-state index in [-0.39, 0.29) is 0 Å². The Kier molecular flexibility index (Phi) is 4.74. The van der Waals surface area contributed by atoms with E-state index in [0.717, 1.165) is 40.4 Å². The van der Waals surface area contributed by atoms with E-state index in [9.17, 15) is 0 Å². The number of aromatic nitrogens is 3. The molecule has 0 aliphatic rings. The molecule has 2 aromatic rings. The highest BCUT2D eigenvalue weighted by atomic mass is 32.2. The topological polar surface area (TPSA) is 50.7 Å². The third-order valence-corrected chi connectivity index (χ3v) is 3.24. The average Bonchev–Trinajstić information content (AvgIpc) is 2.35. The number of aryl methyl sites for hydroxylation is 2. The lowest BCUT2D eigenvalue weighted by Crippen LogP contribution is -2.02. The molecule has 0 atom stereocenters. The lowest BCUT2D eigenvalue weighted by molar-refractivity contribution is 0.898. The summed E-state index contributed by atoms with van der Waals surface area (Å²) >= 11 is 1.49. The van der Waals surface area contributed by atoms with Crippen molar-refractivity contribution in [2.24, 2.45) is 0 Å². The van der Waals surface area contributed by atoms with Gasteiger partial charge in [-0.3, -0.25) is 0 Å². The van der Waals surface area contributed by atoms with Gasteiger partial charge in [-0.15, -0.1) is 0 Å². The lowest BCUT2D eigenvalue weighted by Gasteiger charge is -2.06. The fourth-order valence-corrected chi connectivity index (χ4v) is 2.51. The van der Waals surface area contributed by atoms with Crippen molar-refractivity contribution in [3.05, 3.63) is 35.7 Å². The lowest BCUT2D eigenvalue weighted by atomic mass is 10.4. The zero-order valence-electron chi connectivity index (χ0n) is 11.5. The van der Waals surface area contributed by atoms with Crippen molar-refractivity contribution < 1.29 is 0 Å². The second kappa shape index (κ2) is 6.52. The molecule has 0 saturated carbocycles. The molecule has 4 nitrogen and oxygen atoms in total. The second-order valence-electron chi connectivity index (χ2n) is 4.32. The van der Waals surface area contributed by atoms with Crippen LogP contribution in [0.5, 0.6) is 0 Å². The molecule has 100 valence electrons. The third-order valence-electron chi connectivity index (χ3n) is 2.44. The Labute approximate surface area is 118 Å². The Bertz CT molecular complexity index is 537. The fourth-order valence-electron chi connectivity index (χ4n) is 1.66. The van der Waals surface area contributed by atoms with Crippen LogP contribution in [0.1, 0.15) is 24.7 Å². The van der Waals surface area contributed by atoms with Crippen LogP contribution in [0, 0.1) is 13.8 Å². The van der Waals surface area contributed by atoms with Gasteiger partial charge in [-0.25, -0.2) is 15.0 Å². The number of nitrogens with zero attached hydrogens (tertiary/aromatic N) is 3. The van der Waals surface area contributed by atoms with Crippen molar-refractivity contribution in [3.8, 4) is 0 Å². The third kappa shape index (κ3) is 4.21. The predicted octanol–water partition coefficient (Wildman–Crippen LogP) is 3.46. The minimum Gasteiger partial charge on any atom is -0.370 e. The van der Waals surface area contributed by atoms with Gasteiger partial charge < -0.3 is 5.32 Å². The summed E-state index contributed by atoms with van der Waals surface area (Å²) in [5.41, 5.74) is 1.96. The quantitative estimate of drug-likeness (QED) is 0.846. The molecule has 2 rings (SSSR count). The van der Waals surface area contributed by atoms with Gasteiger partial charge in [0.15, 0.2) is 5.16 Å². The molecule has 2 aromatic heterocycles. The molecule has 0 bridgehead atoms. The molecule has 5 heteroatoms. The number of hydrogen-bond donors (Lipinski definition) is 1. The molecule has 0 spiro atoms. The van der Waals surface area contributed by atoms with Gasteiger partial charge in [-0.2, -0.15) is 0 Å². The average molecular weight is 274 g/mol. The van der Waals surface area contributed by atoms with Gasteiger partial charge in [0.1, 0.15) is 10.8 Å². The van der Waals surface area contributed by atoms with E-state index >= 15 is 0 Å².